The van der Waals surface area contributed by atoms with E-state index in [1.165, 1.54) is 0 Å². The molecule has 1 heterocycles. The average molecular weight is 328 g/mol. The van der Waals surface area contributed by atoms with Gasteiger partial charge in [-0.05, 0) is 35.0 Å². The van der Waals surface area contributed by atoms with E-state index < -0.39 is 0 Å². The minimum Gasteiger partial charge on any atom is -0.497 e. The van der Waals surface area contributed by atoms with Crippen LogP contribution in [0.3, 0.4) is 0 Å². The van der Waals surface area contributed by atoms with E-state index in [-0.39, 0.29) is 5.91 Å². The highest BCUT2D eigenvalue weighted by molar-refractivity contribution is 6.10. The van der Waals surface area contributed by atoms with Gasteiger partial charge in [-0.25, -0.2) is 0 Å². The Balaban J connectivity index is 1.73. The number of hydrogen-bond acceptors (Lipinski definition) is 3. The Morgan fingerprint density at radius 1 is 0.920 bits per heavy atom. The lowest BCUT2D eigenvalue weighted by Gasteiger charge is -2.11. The van der Waals surface area contributed by atoms with Crippen molar-refractivity contribution in [2.24, 2.45) is 0 Å². The topological polar surface area (TPSA) is 51.2 Å². The van der Waals surface area contributed by atoms with Crippen molar-refractivity contribution in [1.29, 1.82) is 0 Å². The first-order valence-electron chi connectivity index (χ1n) is 7.97. The van der Waals surface area contributed by atoms with Gasteiger partial charge in [-0.2, -0.15) is 0 Å². The van der Waals surface area contributed by atoms with Crippen LogP contribution in [0.5, 0.6) is 5.75 Å². The highest BCUT2D eigenvalue weighted by Gasteiger charge is 2.11. The summed E-state index contributed by atoms with van der Waals surface area (Å²) in [5.74, 6) is 0.500. The van der Waals surface area contributed by atoms with Crippen molar-refractivity contribution in [3.63, 3.8) is 0 Å². The van der Waals surface area contributed by atoms with Gasteiger partial charge < -0.3 is 10.1 Å². The van der Waals surface area contributed by atoms with E-state index >= 15 is 0 Å². The van der Waals surface area contributed by atoms with E-state index in [9.17, 15) is 4.79 Å². The molecule has 0 saturated heterocycles. The first-order valence-corrected chi connectivity index (χ1v) is 7.97. The summed E-state index contributed by atoms with van der Waals surface area (Å²) < 4.78 is 5.33. The molecule has 0 atom stereocenters. The van der Waals surface area contributed by atoms with Crippen LogP contribution in [0.1, 0.15) is 10.4 Å². The summed E-state index contributed by atoms with van der Waals surface area (Å²) in [6.45, 7) is 0. The zero-order chi connectivity index (χ0) is 17.2. The van der Waals surface area contributed by atoms with E-state index in [0.717, 1.165) is 21.7 Å². The number of fused-ring (bicyclic) bond motifs is 2. The number of nitrogens with zero attached hydrogens (tertiary/aromatic N) is 1. The number of hydrogen-bond donors (Lipinski definition) is 1. The maximum absolute atomic E-state index is 12.7. The van der Waals surface area contributed by atoms with Gasteiger partial charge in [-0.3, -0.25) is 9.78 Å². The lowest BCUT2D eigenvalue weighted by atomic mass is 10.1. The van der Waals surface area contributed by atoms with Crippen LogP contribution < -0.4 is 10.1 Å². The number of pyridine rings is 1. The van der Waals surface area contributed by atoms with Crippen molar-refractivity contribution >= 4 is 33.3 Å². The van der Waals surface area contributed by atoms with E-state index in [1.807, 2.05) is 60.7 Å². The fourth-order valence-electron chi connectivity index (χ4n) is 2.90. The Morgan fingerprint density at radius 3 is 2.56 bits per heavy atom. The number of ether oxygens (including phenoxy) is 1. The summed E-state index contributed by atoms with van der Waals surface area (Å²) >= 11 is 0. The van der Waals surface area contributed by atoms with Gasteiger partial charge in [0.1, 0.15) is 5.75 Å². The number of amides is 1. The third kappa shape index (κ3) is 2.90. The van der Waals surface area contributed by atoms with Crippen LogP contribution in [0.2, 0.25) is 0 Å². The Kier molecular flexibility index (Phi) is 3.78. The summed E-state index contributed by atoms with van der Waals surface area (Å²) in [4.78, 5) is 17.1. The molecule has 3 aromatic carbocycles. The molecule has 1 amide bonds. The molecule has 0 radical (unpaired) electrons. The molecule has 0 aliphatic carbocycles. The minimum atomic E-state index is -0.175. The Hall–Kier alpha value is -3.40. The van der Waals surface area contributed by atoms with Gasteiger partial charge >= 0.3 is 0 Å². The standard InChI is InChI=1S/C21H16N2O2/c1-25-18-12-16-7-4-10-22-20(16)19(13-18)23-21(24)17-9-8-14-5-2-3-6-15(14)11-17/h2-13H,1H3,(H,23,24). The molecule has 0 bridgehead atoms. The number of aromatic nitrogens is 1. The molecule has 4 aromatic rings. The van der Waals surface area contributed by atoms with Gasteiger partial charge in [-0.1, -0.05) is 36.4 Å². The van der Waals surface area contributed by atoms with Crippen molar-refractivity contribution < 1.29 is 9.53 Å². The fourth-order valence-corrected chi connectivity index (χ4v) is 2.90. The normalized spacial score (nSPS) is 10.8. The number of rotatable bonds is 3. The molecule has 122 valence electrons. The zero-order valence-corrected chi connectivity index (χ0v) is 13.7. The van der Waals surface area contributed by atoms with Crippen LogP contribution in [0, 0.1) is 0 Å². The molecule has 0 unspecified atom stereocenters. The largest absolute Gasteiger partial charge is 0.497 e. The van der Waals surface area contributed by atoms with Gasteiger partial charge in [0.2, 0.25) is 0 Å². The first kappa shape index (κ1) is 15.1. The van der Waals surface area contributed by atoms with E-state index in [2.05, 4.69) is 10.3 Å². The summed E-state index contributed by atoms with van der Waals surface area (Å²) in [7, 11) is 1.60. The summed E-state index contributed by atoms with van der Waals surface area (Å²) in [5.41, 5.74) is 1.97. The van der Waals surface area contributed by atoms with Crippen molar-refractivity contribution in [1.82, 2.24) is 4.98 Å². The lowest BCUT2D eigenvalue weighted by Crippen LogP contribution is -2.12. The number of carbonyl (C=O) groups excluding carboxylic acids is 1. The van der Waals surface area contributed by atoms with Crippen molar-refractivity contribution in [2.75, 3.05) is 12.4 Å². The molecule has 4 heteroatoms. The molecule has 25 heavy (non-hydrogen) atoms. The smallest absolute Gasteiger partial charge is 0.255 e. The molecule has 0 fully saturated rings. The highest BCUT2D eigenvalue weighted by atomic mass is 16.5. The van der Waals surface area contributed by atoms with Crippen molar-refractivity contribution in [3.05, 3.63) is 78.5 Å². The first-order chi connectivity index (χ1) is 12.2. The molecule has 1 N–H and O–H groups in total. The third-order valence-corrected chi connectivity index (χ3v) is 4.17. The average Bonchev–Trinajstić information content (AvgIpc) is 2.67. The number of nitrogens with one attached hydrogen (secondary N) is 1. The Morgan fingerprint density at radius 2 is 1.72 bits per heavy atom. The fraction of sp³-hybridized carbons (Fsp3) is 0.0476. The SMILES string of the molecule is COc1cc(NC(=O)c2ccc3ccccc3c2)c2ncccc2c1. The van der Waals surface area contributed by atoms with Crippen molar-refractivity contribution in [3.8, 4) is 5.75 Å². The second-order valence-corrected chi connectivity index (χ2v) is 5.77. The molecular weight excluding hydrogens is 312 g/mol. The van der Waals surface area contributed by atoms with Gasteiger partial charge in [0.15, 0.2) is 0 Å². The highest BCUT2D eigenvalue weighted by Crippen LogP contribution is 2.28. The lowest BCUT2D eigenvalue weighted by molar-refractivity contribution is 0.102. The summed E-state index contributed by atoms with van der Waals surface area (Å²) in [5, 5.41) is 6.01. The van der Waals surface area contributed by atoms with E-state index in [4.69, 9.17) is 4.74 Å². The number of methoxy groups -OCH3 is 1. The number of carbonyl (C=O) groups is 1. The molecule has 0 spiro atoms. The molecule has 0 aliphatic heterocycles. The predicted molar refractivity (Wildman–Crippen MR) is 100 cm³/mol. The molecule has 0 aliphatic rings. The zero-order valence-electron chi connectivity index (χ0n) is 13.7. The Bertz CT molecular complexity index is 1090. The van der Waals surface area contributed by atoms with Gasteiger partial charge in [0.25, 0.3) is 5.91 Å². The summed E-state index contributed by atoms with van der Waals surface area (Å²) in [6, 6.07) is 21.1. The number of benzene rings is 3. The van der Waals surface area contributed by atoms with Crippen LogP contribution in [-0.2, 0) is 0 Å². The van der Waals surface area contributed by atoms with Crippen molar-refractivity contribution in [2.45, 2.75) is 0 Å². The molecule has 4 nitrogen and oxygen atoms in total. The molecular formula is C21H16N2O2. The predicted octanol–water partition coefficient (Wildman–Crippen LogP) is 4.65. The molecule has 4 rings (SSSR count). The minimum absolute atomic E-state index is 0.175. The second-order valence-electron chi connectivity index (χ2n) is 5.77. The Labute approximate surface area is 145 Å². The van der Waals surface area contributed by atoms with Crippen LogP contribution in [0.4, 0.5) is 5.69 Å². The van der Waals surface area contributed by atoms with Crippen LogP contribution in [-0.4, -0.2) is 18.0 Å². The van der Waals surface area contributed by atoms with Gasteiger partial charge in [0.05, 0.1) is 18.3 Å². The number of anilines is 1. The van der Waals surface area contributed by atoms with Gasteiger partial charge in [-0.15, -0.1) is 0 Å². The van der Waals surface area contributed by atoms with Gasteiger partial charge in [0, 0.05) is 23.2 Å². The second kappa shape index (κ2) is 6.24. The maximum atomic E-state index is 12.7. The van der Waals surface area contributed by atoms with Crippen LogP contribution >= 0.6 is 0 Å². The van der Waals surface area contributed by atoms with Crippen LogP contribution in [0.25, 0.3) is 21.7 Å². The monoisotopic (exact) mass is 328 g/mol. The maximum Gasteiger partial charge on any atom is 0.255 e. The molecule has 0 saturated carbocycles. The molecule has 1 aromatic heterocycles. The van der Waals surface area contributed by atoms with Crippen LogP contribution in [0.15, 0.2) is 72.9 Å². The third-order valence-electron chi connectivity index (χ3n) is 4.17. The quantitative estimate of drug-likeness (QED) is 0.595. The summed E-state index contributed by atoms with van der Waals surface area (Å²) in [6.07, 6.45) is 1.71. The van der Waals surface area contributed by atoms with E-state index in [0.29, 0.717) is 17.0 Å². The van der Waals surface area contributed by atoms with E-state index in [1.54, 1.807) is 19.4 Å².